The fourth-order valence-corrected chi connectivity index (χ4v) is 4.09. The summed E-state index contributed by atoms with van der Waals surface area (Å²) >= 11 is 0. The summed E-state index contributed by atoms with van der Waals surface area (Å²) in [4.78, 5) is 7.58. The van der Waals surface area contributed by atoms with Crippen LogP contribution >= 0.6 is 0 Å². The third-order valence-electron chi connectivity index (χ3n) is 5.33. The van der Waals surface area contributed by atoms with Crippen LogP contribution < -0.4 is 5.73 Å². The van der Waals surface area contributed by atoms with Gasteiger partial charge in [0.15, 0.2) is 0 Å². The zero-order chi connectivity index (χ0) is 14.4. The summed E-state index contributed by atoms with van der Waals surface area (Å²) in [5.74, 6) is 1.42. The van der Waals surface area contributed by atoms with E-state index in [0.717, 1.165) is 11.4 Å². The molecule has 1 atom stereocenters. The molecule has 0 saturated carbocycles. The molecule has 2 aromatic rings. The molecule has 0 radical (unpaired) electrons. The molecule has 3 aliphatic rings. The largest absolute Gasteiger partial charge is 0.326 e. The number of nitrogens with two attached hydrogens (primary N) is 1. The molecule has 3 nitrogen and oxygen atoms in total. The predicted octanol–water partition coefficient (Wildman–Crippen LogP) is 2.81. The minimum atomic E-state index is 0.594. The van der Waals surface area contributed by atoms with Gasteiger partial charge in [-0.1, -0.05) is 11.6 Å². The van der Waals surface area contributed by atoms with Crippen LogP contribution in [-0.2, 0) is 6.54 Å². The second-order valence-corrected chi connectivity index (χ2v) is 6.68. The normalized spacial score (nSPS) is 28.2. The Morgan fingerprint density at radius 3 is 2.71 bits per heavy atom. The topological polar surface area (TPSA) is 42.2 Å². The first-order chi connectivity index (χ1) is 10.2. The summed E-state index contributed by atoms with van der Waals surface area (Å²) in [6, 6.07) is 8.78. The predicted molar refractivity (Wildman–Crippen MR) is 86.3 cm³/mol. The van der Waals surface area contributed by atoms with E-state index < -0.39 is 0 Å². The van der Waals surface area contributed by atoms with Gasteiger partial charge in [-0.3, -0.25) is 4.98 Å². The van der Waals surface area contributed by atoms with Gasteiger partial charge in [0.05, 0.1) is 5.52 Å². The van der Waals surface area contributed by atoms with Crippen LogP contribution in [-0.4, -0.2) is 29.5 Å². The minimum Gasteiger partial charge on any atom is -0.326 e. The van der Waals surface area contributed by atoms with Gasteiger partial charge < -0.3 is 10.6 Å². The zero-order valence-corrected chi connectivity index (χ0v) is 12.7. The van der Waals surface area contributed by atoms with Gasteiger partial charge in [-0.05, 0) is 62.5 Å². The molecular weight excluding hydrogens is 258 g/mol. The van der Waals surface area contributed by atoms with Gasteiger partial charge in [0.1, 0.15) is 0 Å². The first kappa shape index (κ1) is 13.2. The lowest BCUT2D eigenvalue weighted by Crippen LogP contribution is -2.46. The first-order valence-electron chi connectivity index (χ1n) is 8.07. The van der Waals surface area contributed by atoms with Crippen LogP contribution in [0.1, 0.15) is 35.6 Å². The summed E-state index contributed by atoms with van der Waals surface area (Å²) < 4.78 is 0. The minimum absolute atomic E-state index is 0.594. The maximum atomic E-state index is 6.00. The molecule has 3 saturated heterocycles. The van der Waals surface area contributed by atoms with Gasteiger partial charge in [0.25, 0.3) is 0 Å². The van der Waals surface area contributed by atoms with E-state index in [9.17, 15) is 0 Å². The lowest BCUT2D eigenvalue weighted by molar-refractivity contribution is 0.0855. The Kier molecular flexibility index (Phi) is 3.20. The van der Waals surface area contributed by atoms with Crippen molar-refractivity contribution in [3.63, 3.8) is 0 Å². The number of rotatable bonds is 2. The Labute approximate surface area is 126 Å². The van der Waals surface area contributed by atoms with Crippen molar-refractivity contribution in [3.05, 3.63) is 41.1 Å². The number of fused-ring (bicyclic) bond motifs is 4. The molecule has 110 valence electrons. The third-order valence-corrected chi connectivity index (χ3v) is 5.33. The van der Waals surface area contributed by atoms with Crippen LogP contribution in [0.25, 0.3) is 10.9 Å². The van der Waals surface area contributed by atoms with E-state index in [4.69, 9.17) is 10.7 Å². The number of hydrogen-bond donors (Lipinski definition) is 1. The highest BCUT2D eigenvalue weighted by molar-refractivity contribution is 5.83. The second kappa shape index (κ2) is 5.08. The molecule has 1 aromatic carbocycles. The maximum Gasteiger partial charge on any atom is 0.0708 e. The van der Waals surface area contributed by atoms with Gasteiger partial charge >= 0.3 is 0 Å². The standard InChI is InChI=1S/C18H23N3/c1-12-2-3-17-15(8-12)14(10-19)9-18(20-17)16-11-21-6-4-13(16)5-7-21/h2-3,8-9,13,16H,4-7,10-11,19H2,1H3. The van der Waals surface area contributed by atoms with E-state index in [-0.39, 0.29) is 0 Å². The molecule has 0 aliphatic carbocycles. The quantitative estimate of drug-likeness (QED) is 0.920. The van der Waals surface area contributed by atoms with E-state index in [1.54, 1.807) is 0 Å². The molecular formula is C18H23N3. The van der Waals surface area contributed by atoms with Crippen molar-refractivity contribution in [2.45, 2.75) is 32.2 Å². The molecule has 2 bridgehead atoms. The maximum absolute atomic E-state index is 6.00. The van der Waals surface area contributed by atoms with Crippen molar-refractivity contribution < 1.29 is 0 Å². The zero-order valence-electron chi connectivity index (χ0n) is 12.7. The summed E-state index contributed by atoms with van der Waals surface area (Å²) in [5.41, 5.74) is 10.9. The number of aromatic nitrogens is 1. The Morgan fingerprint density at radius 2 is 2.05 bits per heavy atom. The molecule has 4 heterocycles. The first-order valence-corrected chi connectivity index (χ1v) is 8.07. The monoisotopic (exact) mass is 281 g/mol. The summed E-state index contributed by atoms with van der Waals surface area (Å²) in [6.07, 6.45) is 2.66. The van der Waals surface area contributed by atoms with E-state index in [1.807, 2.05) is 0 Å². The number of hydrogen-bond acceptors (Lipinski definition) is 3. The molecule has 0 amide bonds. The van der Waals surface area contributed by atoms with E-state index in [2.05, 4.69) is 36.1 Å². The summed E-state index contributed by atoms with van der Waals surface area (Å²) in [6.45, 7) is 6.45. The number of nitrogens with zero attached hydrogens (tertiary/aromatic N) is 2. The van der Waals surface area contributed by atoms with Crippen LogP contribution in [0.5, 0.6) is 0 Å². The van der Waals surface area contributed by atoms with Crippen LogP contribution in [0.15, 0.2) is 24.3 Å². The third kappa shape index (κ3) is 2.25. The molecule has 5 rings (SSSR count). The summed E-state index contributed by atoms with van der Waals surface area (Å²) in [5, 5.41) is 1.22. The molecule has 1 aromatic heterocycles. The van der Waals surface area contributed by atoms with Crippen molar-refractivity contribution in [1.29, 1.82) is 0 Å². The van der Waals surface area contributed by atoms with Gasteiger partial charge in [-0.25, -0.2) is 0 Å². The van der Waals surface area contributed by atoms with Gasteiger partial charge in [-0.2, -0.15) is 0 Å². The van der Waals surface area contributed by atoms with E-state index in [0.29, 0.717) is 12.5 Å². The Bertz CT molecular complexity index is 671. The molecule has 2 N–H and O–H groups in total. The molecule has 3 aliphatic heterocycles. The SMILES string of the molecule is Cc1ccc2nc(C3CN4CCC3CC4)cc(CN)c2c1. The number of pyridine rings is 1. The van der Waals surface area contributed by atoms with E-state index in [1.165, 1.54) is 54.7 Å². The van der Waals surface area contributed by atoms with Crippen molar-refractivity contribution in [3.8, 4) is 0 Å². The molecule has 1 unspecified atom stereocenters. The average Bonchev–Trinajstić information content (AvgIpc) is 2.55. The van der Waals surface area contributed by atoms with E-state index >= 15 is 0 Å². The van der Waals surface area contributed by atoms with Gasteiger partial charge in [-0.15, -0.1) is 0 Å². The lowest BCUT2D eigenvalue weighted by atomic mass is 9.77. The highest BCUT2D eigenvalue weighted by Gasteiger charge is 2.35. The Hall–Kier alpha value is -1.45. The fraction of sp³-hybridized carbons (Fsp3) is 0.500. The van der Waals surface area contributed by atoms with Crippen LogP contribution in [0.4, 0.5) is 0 Å². The number of piperidine rings is 3. The lowest BCUT2D eigenvalue weighted by Gasteiger charge is -2.44. The Morgan fingerprint density at radius 1 is 1.24 bits per heavy atom. The second-order valence-electron chi connectivity index (χ2n) is 6.68. The number of benzene rings is 1. The molecule has 3 heteroatoms. The smallest absolute Gasteiger partial charge is 0.0708 e. The van der Waals surface area contributed by atoms with Crippen molar-refractivity contribution in [2.24, 2.45) is 11.7 Å². The van der Waals surface area contributed by atoms with Crippen LogP contribution in [0.3, 0.4) is 0 Å². The van der Waals surface area contributed by atoms with Crippen LogP contribution in [0.2, 0.25) is 0 Å². The van der Waals surface area contributed by atoms with Crippen LogP contribution in [0, 0.1) is 12.8 Å². The van der Waals surface area contributed by atoms with Crippen molar-refractivity contribution >= 4 is 10.9 Å². The fourth-order valence-electron chi connectivity index (χ4n) is 4.09. The van der Waals surface area contributed by atoms with Gasteiger partial charge in [0.2, 0.25) is 0 Å². The molecule has 0 spiro atoms. The molecule has 21 heavy (non-hydrogen) atoms. The Balaban J connectivity index is 1.80. The molecule has 3 fully saturated rings. The van der Waals surface area contributed by atoms with Gasteiger partial charge in [0, 0.05) is 30.1 Å². The van der Waals surface area contributed by atoms with Crippen molar-refractivity contribution in [2.75, 3.05) is 19.6 Å². The highest BCUT2D eigenvalue weighted by atomic mass is 15.1. The number of aryl methyl sites for hydroxylation is 1. The summed E-state index contributed by atoms with van der Waals surface area (Å²) in [7, 11) is 0. The highest BCUT2D eigenvalue weighted by Crippen LogP contribution is 2.39. The van der Waals surface area contributed by atoms with Crippen molar-refractivity contribution in [1.82, 2.24) is 9.88 Å². The average molecular weight is 281 g/mol.